The molecule has 3 aromatic carbocycles. The zero-order chi connectivity index (χ0) is 26.7. The quantitative estimate of drug-likeness (QED) is 0.180. The van der Waals surface area contributed by atoms with Gasteiger partial charge in [0.15, 0.2) is 5.13 Å². The Bertz CT molecular complexity index is 1380. The van der Waals surface area contributed by atoms with Crippen LogP contribution in [0.3, 0.4) is 0 Å². The monoisotopic (exact) mass is 545 g/mol. The van der Waals surface area contributed by atoms with Crippen molar-refractivity contribution in [3.05, 3.63) is 107 Å². The van der Waals surface area contributed by atoms with Crippen LogP contribution in [0.5, 0.6) is 0 Å². The summed E-state index contributed by atoms with van der Waals surface area (Å²) in [4.78, 5) is 42.9. The number of hydrogen-bond donors (Lipinski definition) is 2. The van der Waals surface area contributed by atoms with Gasteiger partial charge in [0.05, 0.1) is 25.1 Å². The summed E-state index contributed by atoms with van der Waals surface area (Å²) in [5.41, 5.74) is 2.97. The van der Waals surface area contributed by atoms with Gasteiger partial charge in [-0.2, -0.15) is 0 Å². The lowest BCUT2D eigenvalue weighted by molar-refractivity contribution is -0.142. The van der Waals surface area contributed by atoms with Gasteiger partial charge in [0.25, 0.3) is 0 Å². The van der Waals surface area contributed by atoms with E-state index in [-0.39, 0.29) is 30.6 Å². The average Bonchev–Trinajstić information content (AvgIpc) is 3.35. The molecule has 4 rings (SSSR count). The molecule has 0 fully saturated rings. The Balaban J connectivity index is 1.45. The average molecular weight is 546 g/mol. The summed E-state index contributed by atoms with van der Waals surface area (Å²) >= 11 is 2.64. The Labute approximate surface area is 229 Å². The third-order valence-electron chi connectivity index (χ3n) is 5.33. The number of amides is 2. The normalized spacial score (nSPS) is 11.4. The zero-order valence-electron chi connectivity index (χ0n) is 20.8. The van der Waals surface area contributed by atoms with Gasteiger partial charge >= 0.3 is 5.97 Å². The Hall–Kier alpha value is -3.95. The molecule has 0 spiro atoms. The Morgan fingerprint density at radius 3 is 2.39 bits per heavy atom. The van der Waals surface area contributed by atoms with Crippen LogP contribution in [0.2, 0.25) is 0 Å². The summed E-state index contributed by atoms with van der Waals surface area (Å²) in [5, 5.41) is 7.41. The number of esters is 1. The van der Waals surface area contributed by atoms with Crippen LogP contribution in [-0.2, 0) is 32.0 Å². The molecule has 0 bridgehead atoms. The minimum absolute atomic E-state index is 0.0554. The first kappa shape index (κ1) is 27.1. The van der Waals surface area contributed by atoms with Crippen molar-refractivity contribution in [3.63, 3.8) is 0 Å². The van der Waals surface area contributed by atoms with E-state index in [9.17, 15) is 14.4 Å². The summed E-state index contributed by atoms with van der Waals surface area (Å²) in [6.07, 6.45) is 0.332. The van der Waals surface area contributed by atoms with Crippen LogP contribution in [0, 0.1) is 0 Å². The maximum absolute atomic E-state index is 13.4. The summed E-state index contributed by atoms with van der Waals surface area (Å²) in [6.45, 7) is 2.06. The molecular weight excluding hydrogens is 518 g/mol. The number of rotatable bonds is 11. The molecular formula is C29H27N3O4S2. The van der Waals surface area contributed by atoms with Gasteiger partial charge in [-0.15, -0.1) is 23.1 Å². The number of anilines is 2. The molecule has 2 N–H and O–H groups in total. The van der Waals surface area contributed by atoms with Gasteiger partial charge in [-0.1, -0.05) is 66.7 Å². The van der Waals surface area contributed by atoms with E-state index >= 15 is 0 Å². The van der Waals surface area contributed by atoms with Crippen LogP contribution in [0.4, 0.5) is 10.8 Å². The Morgan fingerprint density at radius 2 is 1.66 bits per heavy atom. The van der Waals surface area contributed by atoms with Gasteiger partial charge in [0.2, 0.25) is 11.8 Å². The lowest BCUT2D eigenvalue weighted by Gasteiger charge is -2.17. The van der Waals surface area contributed by atoms with Crippen molar-refractivity contribution in [3.8, 4) is 0 Å². The van der Waals surface area contributed by atoms with E-state index in [4.69, 9.17) is 4.74 Å². The maximum Gasteiger partial charge on any atom is 0.311 e. The fourth-order valence-electron chi connectivity index (χ4n) is 3.65. The Morgan fingerprint density at radius 1 is 0.921 bits per heavy atom. The summed E-state index contributed by atoms with van der Waals surface area (Å²) in [7, 11) is 0. The van der Waals surface area contributed by atoms with Crippen LogP contribution < -0.4 is 10.6 Å². The molecule has 0 saturated carbocycles. The molecule has 0 aliphatic heterocycles. The highest BCUT2D eigenvalue weighted by molar-refractivity contribution is 8.00. The van der Waals surface area contributed by atoms with Crippen molar-refractivity contribution in [2.24, 2.45) is 0 Å². The molecule has 0 saturated heterocycles. The topological polar surface area (TPSA) is 97.4 Å². The van der Waals surface area contributed by atoms with E-state index < -0.39 is 5.25 Å². The van der Waals surface area contributed by atoms with E-state index in [1.165, 1.54) is 23.1 Å². The van der Waals surface area contributed by atoms with Gasteiger partial charge < -0.3 is 15.4 Å². The molecule has 7 nitrogen and oxygen atoms in total. The third-order valence-corrected chi connectivity index (χ3v) is 7.39. The van der Waals surface area contributed by atoms with E-state index in [1.807, 2.05) is 84.9 Å². The number of carbonyl (C=O) groups excluding carboxylic acids is 3. The second kappa shape index (κ2) is 13.6. The van der Waals surface area contributed by atoms with E-state index in [1.54, 1.807) is 12.3 Å². The highest BCUT2D eigenvalue weighted by Crippen LogP contribution is 2.37. The first-order valence-corrected chi connectivity index (χ1v) is 13.8. The van der Waals surface area contributed by atoms with E-state index in [2.05, 4.69) is 15.6 Å². The van der Waals surface area contributed by atoms with Crippen molar-refractivity contribution < 1.29 is 19.1 Å². The molecule has 194 valence electrons. The molecule has 38 heavy (non-hydrogen) atoms. The Kier molecular flexibility index (Phi) is 9.66. The summed E-state index contributed by atoms with van der Waals surface area (Å²) in [6, 6.07) is 26.5. The number of thioether (sulfide) groups is 1. The standard InChI is InChI=1S/C29H27N3O4S2/c1-2-36-26(34)18-23-19-37-29(31-23)32-28(35)27(21-12-7-4-8-13-21)38-24-15-9-14-22(17-24)30-25(33)16-20-10-5-3-6-11-20/h3-15,17,19,27H,2,16,18H2,1H3,(H,30,33)(H,31,32,35). The molecule has 1 aromatic heterocycles. The molecule has 0 aliphatic carbocycles. The van der Waals surface area contributed by atoms with Gasteiger partial charge in [-0.05, 0) is 36.2 Å². The predicted octanol–water partition coefficient (Wildman–Crippen LogP) is 5.90. The van der Waals surface area contributed by atoms with Crippen LogP contribution in [0.1, 0.15) is 29.0 Å². The minimum Gasteiger partial charge on any atom is -0.466 e. The number of benzene rings is 3. The molecule has 4 aromatic rings. The highest BCUT2D eigenvalue weighted by atomic mass is 32.2. The van der Waals surface area contributed by atoms with Gasteiger partial charge in [0.1, 0.15) is 5.25 Å². The smallest absolute Gasteiger partial charge is 0.311 e. The fraction of sp³-hybridized carbons (Fsp3) is 0.172. The highest BCUT2D eigenvalue weighted by Gasteiger charge is 2.23. The first-order valence-electron chi connectivity index (χ1n) is 12.1. The molecule has 1 unspecified atom stereocenters. The number of nitrogens with zero attached hydrogens (tertiary/aromatic N) is 1. The molecule has 1 heterocycles. The van der Waals surface area contributed by atoms with Gasteiger partial charge in [-0.25, -0.2) is 4.98 Å². The van der Waals surface area contributed by atoms with E-state index in [0.717, 1.165) is 16.0 Å². The predicted molar refractivity (Wildman–Crippen MR) is 151 cm³/mol. The van der Waals surface area contributed by atoms with Gasteiger partial charge in [0, 0.05) is 16.0 Å². The molecule has 1 atom stereocenters. The van der Waals surface area contributed by atoms with Crippen molar-refractivity contribution >= 4 is 51.7 Å². The molecule has 9 heteroatoms. The lowest BCUT2D eigenvalue weighted by atomic mass is 10.1. The fourth-order valence-corrected chi connectivity index (χ4v) is 5.44. The van der Waals surface area contributed by atoms with Gasteiger partial charge in [-0.3, -0.25) is 14.4 Å². The molecule has 2 amide bonds. The second-order valence-electron chi connectivity index (χ2n) is 8.26. The van der Waals surface area contributed by atoms with Crippen LogP contribution >= 0.6 is 23.1 Å². The maximum atomic E-state index is 13.4. The number of thiazole rings is 1. The number of nitrogens with one attached hydrogen (secondary N) is 2. The largest absolute Gasteiger partial charge is 0.466 e. The van der Waals surface area contributed by atoms with Crippen LogP contribution in [-0.4, -0.2) is 29.4 Å². The first-order chi connectivity index (χ1) is 18.5. The second-order valence-corrected chi connectivity index (χ2v) is 10.3. The summed E-state index contributed by atoms with van der Waals surface area (Å²) < 4.78 is 4.97. The van der Waals surface area contributed by atoms with Crippen molar-refractivity contribution in [1.82, 2.24) is 4.98 Å². The number of ether oxygens (including phenoxy) is 1. The summed E-state index contributed by atoms with van der Waals surface area (Å²) in [5.74, 6) is -0.709. The number of aromatic nitrogens is 1. The van der Waals surface area contributed by atoms with Crippen molar-refractivity contribution in [2.45, 2.75) is 29.9 Å². The number of hydrogen-bond acceptors (Lipinski definition) is 7. The van der Waals surface area contributed by atoms with E-state index in [0.29, 0.717) is 23.1 Å². The molecule has 0 radical (unpaired) electrons. The zero-order valence-corrected chi connectivity index (χ0v) is 22.4. The third kappa shape index (κ3) is 8.03. The van der Waals surface area contributed by atoms with Crippen molar-refractivity contribution in [1.29, 1.82) is 0 Å². The van der Waals surface area contributed by atoms with Crippen molar-refractivity contribution in [2.75, 3.05) is 17.2 Å². The SMILES string of the molecule is CCOC(=O)Cc1csc(NC(=O)C(Sc2cccc(NC(=O)Cc3ccccc3)c2)c2ccccc2)n1. The van der Waals surface area contributed by atoms with Crippen LogP contribution in [0.25, 0.3) is 0 Å². The minimum atomic E-state index is -0.566. The number of carbonyl (C=O) groups is 3. The molecule has 0 aliphatic rings. The van der Waals surface area contributed by atoms with Crippen LogP contribution in [0.15, 0.2) is 95.2 Å². The lowest BCUT2D eigenvalue weighted by Crippen LogP contribution is -2.19.